The van der Waals surface area contributed by atoms with Gasteiger partial charge in [0.05, 0.1) is 17.6 Å². The summed E-state index contributed by atoms with van der Waals surface area (Å²) in [6.07, 6.45) is 0. The van der Waals surface area contributed by atoms with E-state index < -0.39 is 5.41 Å². The van der Waals surface area contributed by atoms with Gasteiger partial charge in [-0.25, -0.2) is 4.79 Å². The highest BCUT2D eigenvalue weighted by atomic mass is 79.9. The highest BCUT2D eigenvalue weighted by Gasteiger charge is 2.23. The maximum atomic E-state index is 12.1. The van der Waals surface area contributed by atoms with Crippen molar-refractivity contribution < 1.29 is 4.79 Å². The van der Waals surface area contributed by atoms with Crippen LogP contribution in [0.1, 0.15) is 20.8 Å². The molecular weight excluding hydrogens is 308 g/mol. The van der Waals surface area contributed by atoms with Gasteiger partial charge in [-0.15, -0.1) is 17.0 Å². The summed E-state index contributed by atoms with van der Waals surface area (Å²) < 4.78 is 3.12. The van der Waals surface area contributed by atoms with E-state index in [1.807, 2.05) is 45.0 Å². The lowest BCUT2D eigenvalue weighted by molar-refractivity contribution is -0.126. The van der Waals surface area contributed by atoms with Gasteiger partial charge in [-0.1, -0.05) is 32.9 Å². The van der Waals surface area contributed by atoms with Crippen molar-refractivity contribution in [3.63, 3.8) is 0 Å². The fourth-order valence-corrected chi connectivity index (χ4v) is 1.90. The Bertz CT molecular complexity index is 662. The lowest BCUT2D eigenvalue weighted by Gasteiger charge is -2.16. The predicted octanol–water partition coefficient (Wildman–Crippen LogP) is 2.53. The number of rotatable bonds is 2. The van der Waals surface area contributed by atoms with Crippen molar-refractivity contribution in [3.05, 3.63) is 34.7 Å². The second-order valence-electron chi connectivity index (χ2n) is 5.59. The smallest absolute Gasteiger partial charge is 0.297 e. The van der Waals surface area contributed by atoms with Gasteiger partial charge in [-0.05, 0) is 12.1 Å². The van der Waals surface area contributed by atoms with E-state index in [-0.39, 0.29) is 35.0 Å². The Morgan fingerprint density at radius 3 is 2.21 bits per heavy atom. The molecule has 1 heterocycles. The van der Waals surface area contributed by atoms with Crippen molar-refractivity contribution in [1.82, 2.24) is 9.13 Å². The molecule has 0 aliphatic heterocycles. The fraction of sp³-hybridized carbons (Fsp3) is 0.429. The molecular formula is C14H19BrN2O2. The number of para-hydroxylation sites is 2. The normalized spacial score (nSPS) is 11.4. The average molecular weight is 327 g/mol. The highest BCUT2D eigenvalue weighted by Crippen LogP contribution is 2.17. The summed E-state index contributed by atoms with van der Waals surface area (Å²) in [5.74, 6) is 0.0564. The third kappa shape index (κ3) is 2.81. The van der Waals surface area contributed by atoms with Crippen molar-refractivity contribution in [1.29, 1.82) is 0 Å². The summed E-state index contributed by atoms with van der Waals surface area (Å²) >= 11 is 0. The molecule has 19 heavy (non-hydrogen) atoms. The van der Waals surface area contributed by atoms with Crippen LogP contribution >= 0.6 is 17.0 Å². The van der Waals surface area contributed by atoms with Crippen LogP contribution in [0.15, 0.2) is 29.1 Å². The Kier molecular flexibility index (Phi) is 4.40. The van der Waals surface area contributed by atoms with Crippen LogP contribution in [0.4, 0.5) is 0 Å². The van der Waals surface area contributed by atoms with Crippen molar-refractivity contribution >= 4 is 33.8 Å². The first-order valence-electron chi connectivity index (χ1n) is 6.00. The van der Waals surface area contributed by atoms with Crippen molar-refractivity contribution in [2.24, 2.45) is 12.5 Å². The Labute approximate surface area is 122 Å². The molecule has 0 saturated heterocycles. The summed E-state index contributed by atoms with van der Waals surface area (Å²) in [6.45, 7) is 5.73. The second kappa shape index (κ2) is 5.33. The van der Waals surface area contributed by atoms with Crippen molar-refractivity contribution in [3.8, 4) is 0 Å². The molecule has 0 aliphatic carbocycles. The molecule has 0 bridgehead atoms. The molecule has 0 radical (unpaired) electrons. The van der Waals surface area contributed by atoms with Gasteiger partial charge in [0.2, 0.25) is 0 Å². The molecule has 0 atom stereocenters. The number of aromatic nitrogens is 2. The average Bonchev–Trinajstić information content (AvgIpc) is 2.54. The predicted molar refractivity (Wildman–Crippen MR) is 82.0 cm³/mol. The van der Waals surface area contributed by atoms with Gasteiger partial charge in [0.15, 0.2) is 5.78 Å². The lowest BCUT2D eigenvalue weighted by atomic mass is 9.91. The number of nitrogens with zero attached hydrogens (tertiary/aromatic N) is 2. The van der Waals surface area contributed by atoms with E-state index in [1.54, 1.807) is 16.2 Å². The first kappa shape index (κ1) is 15.7. The van der Waals surface area contributed by atoms with E-state index in [2.05, 4.69) is 0 Å². The van der Waals surface area contributed by atoms with E-state index in [1.165, 1.54) is 0 Å². The molecule has 2 aromatic rings. The topological polar surface area (TPSA) is 44.0 Å². The Morgan fingerprint density at radius 1 is 1.16 bits per heavy atom. The Balaban J connectivity index is 0.00000180. The third-order valence-electron chi connectivity index (χ3n) is 3.19. The van der Waals surface area contributed by atoms with Gasteiger partial charge >= 0.3 is 5.69 Å². The van der Waals surface area contributed by atoms with Crippen LogP contribution in [0.5, 0.6) is 0 Å². The highest BCUT2D eigenvalue weighted by molar-refractivity contribution is 8.93. The van der Waals surface area contributed by atoms with Gasteiger partial charge in [-0.2, -0.15) is 0 Å². The molecule has 4 nitrogen and oxygen atoms in total. The zero-order valence-corrected chi connectivity index (χ0v) is 13.3. The Morgan fingerprint density at radius 2 is 1.68 bits per heavy atom. The largest absolute Gasteiger partial charge is 0.329 e. The molecule has 5 heteroatoms. The molecule has 0 spiro atoms. The van der Waals surface area contributed by atoms with Crippen molar-refractivity contribution in [2.45, 2.75) is 27.3 Å². The summed E-state index contributed by atoms with van der Waals surface area (Å²) in [6, 6.07) is 7.51. The maximum absolute atomic E-state index is 12.1. The second-order valence-corrected chi connectivity index (χ2v) is 5.59. The lowest BCUT2D eigenvalue weighted by Crippen LogP contribution is -2.31. The molecule has 0 aliphatic rings. The molecule has 0 unspecified atom stereocenters. The zero-order chi connectivity index (χ0) is 13.5. The molecule has 1 aromatic heterocycles. The van der Waals surface area contributed by atoms with E-state index in [0.717, 1.165) is 11.0 Å². The number of hydrogen-bond acceptors (Lipinski definition) is 2. The number of hydrogen-bond donors (Lipinski definition) is 0. The number of fused-ring (bicyclic) bond motifs is 1. The molecule has 0 amide bonds. The number of aryl methyl sites for hydroxylation is 1. The van der Waals surface area contributed by atoms with Gasteiger partial charge < -0.3 is 0 Å². The molecule has 1 aromatic carbocycles. The maximum Gasteiger partial charge on any atom is 0.329 e. The SMILES string of the molecule is Br.Cn1c(=O)n(CC(=O)C(C)(C)C)c2ccccc21. The minimum absolute atomic E-state index is 0. The van der Waals surface area contributed by atoms with E-state index in [9.17, 15) is 9.59 Å². The van der Waals surface area contributed by atoms with E-state index >= 15 is 0 Å². The minimum atomic E-state index is -0.434. The molecule has 2 rings (SSSR count). The standard InChI is InChI=1S/C14H18N2O2.BrH/c1-14(2,3)12(17)9-16-11-8-6-5-7-10(11)15(4)13(16)18;/h5-8H,9H2,1-4H3;1H. The van der Waals surface area contributed by atoms with Crippen LogP contribution in [0.2, 0.25) is 0 Å². The van der Waals surface area contributed by atoms with E-state index in [0.29, 0.717) is 0 Å². The van der Waals surface area contributed by atoms with Crippen LogP contribution < -0.4 is 5.69 Å². The van der Waals surface area contributed by atoms with Gasteiger partial charge in [0, 0.05) is 12.5 Å². The number of ketones is 1. The quantitative estimate of drug-likeness (QED) is 0.851. The fourth-order valence-electron chi connectivity index (χ4n) is 1.90. The van der Waals surface area contributed by atoms with E-state index in [4.69, 9.17) is 0 Å². The van der Waals surface area contributed by atoms with Crippen LogP contribution in [0.25, 0.3) is 11.0 Å². The molecule has 104 valence electrons. The number of imidazole rings is 1. The monoisotopic (exact) mass is 326 g/mol. The zero-order valence-electron chi connectivity index (χ0n) is 11.6. The van der Waals surface area contributed by atoms with Gasteiger partial charge in [0.1, 0.15) is 0 Å². The number of Topliss-reactive ketones (excluding diaryl/α,β-unsaturated/α-hetero) is 1. The minimum Gasteiger partial charge on any atom is -0.297 e. The summed E-state index contributed by atoms with van der Waals surface area (Å²) in [7, 11) is 1.72. The van der Waals surface area contributed by atoms with Crippen LogP contribution in [-0.4, -0.2) is 14.9 Å². The molecule has 0 N–H and O–H groups in total. The molecule has 0 saturated carbocycles. The first-order valence-corrected chi connectivity index (χ1v) is 6.00. The Hall–Kier alpha value is -1.36. The number of halogens is 1. The van der Waals surface area contributed by atoms with Crippen LogP contribution in [0, 0.1) is 5.41 Å². The number of carbonyl (C=O) groups excluding carboxylic acids is 1. The summed E-state index contributed by atoms with van der Waals surface area (Å²) in [5, 5.41) is 0. The van der Waals surface area contributed by atoms with Crippen LogP contribution in [0.3, 0.4) is 0 Å². The first-order chi connectivity index (χ1) is 8.32. The third-order valence-corrected chi connectivity index (χ3v) is 3.19. The number of benzene rings is 1. The molecule has 0 fully saturated rings. The van der Waals surface area contributed by atoms with Gasteiger partial charge in [0.25, 0.3) is 0 Å². The van der Waals surface area contributed by atoms with Crippen molar-refractivity contribution in [2.75, 3.05) is 0 Å². The summed E-state index contributed by atoms with van der Waals surface area (Å²) in [4.78, 5) is 24.2. The van der Waals surface area contributed by atoms with Crippen LogP contribution in [-0.2, 0) is 18.4 Å². The van der Waals surface area contributed by atoms with Gasteiger partial charge in [-0.3, -0.25) is 13.9 Å². The number of carbonyl (C=O) groups is 1. The summed E-state index contributed by atoms with van der Waals surface area (Å²) in [5.41, 5.74) is 1.08.